The van der Waals surface area contributed by atoms with E-state index in [-0.39, 0.29) is 54.5 Å². The molecule has 0 aliphatic heterocycles. The molecule has 3 aromatic carbocycles. The number of amides is 1. The molecule has 0 saturated carbocycles. The molecule has 0 unspecified atom stereocenters. The van der Waals surface area contributed by atoms with Crippen LogP contribution < -0.4 is 5.32 Å². The van der Waals surface area contributed by atoms with Crippen molar-refractivity contribution in [1.82, 2.24) is 9.88 Å². The van der Waals surface area contributed by atoms with Crippen molar-refractivity contribution in [2.24, 2.45) is 0 Å². The fraction of sp³-hybridized carbons (Fsp3) is 0.229. The molecule has 0 aliphatic carbocycles. The van der Waals surface area contributed by atoms with Crippen LogP contribution in [-0.4, -0.2) is 73.5 Å². The van der Waals surface area contributed by atoms with Crippen LogP contribution in [0.3, 0.4) is 0 Å². The molecule has 0 fully saturated rings. The van der Waals surface area contributed by atoms with E-state index in [0.717, 1.165) is 11.1 Å². The summed E-state index contributed by atoms with van der Waals surface area (Å²) in [5.41, 5.74) is 4.77. The summed E-state index contributed by atoms with van der Waals surface area (Å²) in [5.74, 6) is -1.97. The fourth-order valence-electron chi connectivity index (χ4n) is 5.19. The van der Waals surface area contributed by atoms with Gasteiger partial charge in [-0.25, -0.2) is 4.39 Å². The number of carbonyl (C=O) groups is 2. The van der Waals surface area contributed by atoms with Gasteiger partial charge < -0.3 is 25.2 Å². The third kappa shape index (κ3) is 9.01. The van der Waals surface area contributed by atoms with Gasteiger partial charge in [0.05, 0.1) is 30.3 Å². The van der Waals surface area contributed by atoms with Gasteiger partial charge in [-0.3, -0.25) is 9.59 Å². The monoisotopic (exact) mass is 619 g/mol. The molecule has 0 radical (unpaired) electrons. The number of aromatic nitrogens is 1. The summed E-state index contributed by atoms with van der Waals surface area (Å²) in [4.78, 5) is 25.1. The summed E-state index contributed by atoms with van der Waals surface area (Å²) in [6.45, 7) is 4.00. The van der Waals surface area contributed by atoms with Crippen LogP contribution in [-0.2, 0) is 11.3 Å². The maximum atomic E-state index is 14.1. The average molecular weight is 620 g/mol. The van der Waals surface area contributed by atoms with Crippen LogP contribution in [0.5, 0.6) is 0 Å². The molecule has 1 amide bonds. The van der Waals surface area contributed by atoms with Gasteiger partial charge in [0.2, 0.25) is 0 Å². The second kappa shape index (κ2) is 16.3. The fourth-order valence-corrected chi connectivity index (χ4v) is 5.19. The third-order valence-electron chi connectivity index (χ3n) is 7.08. The molecule has 2 atom stereocenters. The van der Waals surface area contributed by atoms with E-state index >= 15 is 0 Å². The van der Waals surface area contributed by atoms with E-state index in [2.05, 4.69) is 11.4 Å². The Balaban J connectivity index is 0.00000552. The van der Waals surface area contributed by atoms with Crippen molar-refractivity contribution in [1.29, 1.82) is 5.26 Å². The van der Waals surface area contributed by atoms with Crippen LogP contribution >= 0.6 is 0 Å². The van der Waals surface area contributed by atoms with Crippen LogP contribution in [0.15, 0.2) is 84.9 Å². The Morgan fingerprint density at radius 1 is 0.978 bits per heavy atom. The van der Waals surface area contributed by atoms with Crippen LogP contribution in [0, 0.1) is 17.1 Å². The first-order valence-electron chi connectivity index (χ1n) is 14.2. The summed E-state index contributed by atoms with van der Waals surface area (Å²) in [6.07, 6.45) is -0.0230. The van der Waals surface area contributed by atoms with Gasteiger partial charge >= 0.3 is 35.5 Å². The first kappa shape index (κ1) is 35.4. The minimum atomic E-state index is -1.25. The number of carboxylic acid groups (broad SMARTS) is 1. The molecular weight excluding hydrogens is 584 g/mol. The van der Waals surface area contributed by atoms with Crippen molar-refractivity contribution < 1.29 is 29.3 Å². The first-order chi connectivity index (χ1) is 21.1. The second-order valence-corrected chi connectivity index (χ2v) is 10.7. The Kier molecular flexibility index (Phi) is 12.9. The number of nitrogens with zero attached hydrogens (tertiary/aromatic N) is 2. The van der Waals surface area contributed by atoms with Gasteiger partial charge in [0.1, 0.15) is 11.5 Å². The van der Waals surface area contributed by atoms with E-state index < -0.39 is 30.4 Å². The number of aliphatic hydroxyl groups is 2. The normalized spacial score (nSPS) is 12.4. The molecule has 10 heteroatoms. The molecule has 4 aromatic rings. The van der Waals surface area contributed by atoms with Gasteiger partial charge in [-0.05, 0) is 60.9 Å². The molecule has 8 nitrogen and oxygen atoms in total. The van der Waals surface area contributed by atoms with Gasteiger partial charge in [-0.1, -0.05) is 60.7 Å². The number of carbonyl (C=O) groups excluding carboxylic acids is 1. The van der Waals surface area contributed by atoms with Crippen LogP contribution in [0.4, 0.5) is 4.39 Å². The summed E-state index contributed by atoms with van der Waals surface area (Å²) < 4.78 is 15.9. The molecule has 4 N–H and O–H groups in total. The van der Waals surface area contributed by atoms with Crippen molar-refractivity contribution in [2.45, 2.75) is 51.5 Å². The Morgan fingerprint density at radius 2 is 1.64 bits per heavy atom. The molecule has 0 saturated heterocycles. The Labute approximate surface area is 283 Å². The zero-order valence-electron chi connectivity index (χ0n) is 24.4. The minimum absolute atomic E-state index is 0. The third-order valence-corrected chi connectivity index (χ3v) is 7.08. The zero-order valence-corrected chi connectivity index (χ0v) is 24.4. The topological polar surface area (TPSA) is 136 Å². The number of hydrogen-bond donors (Lipinski definition) is 4. The van der Waals surface area contributed by atoms with E-state index in [1.165, 1.54) is 18.2 Å². The quantitative estimate of drug-likeness (QED) is 0.159. The van der Waals surface area contributed by atoms with Crippen molar-refractivity contribution in [3.05, 3.63) is 113 Å². The van der Waals surface area contributed by atoms with Crippen molar-refractivity contribution in [2.75, 3.05) is 0 Å². The Hall–Kier alpha value is -4.04. The predicted octanol–water partition coefficient (Wildman–Crippen LogP) is 5.30. The van der Waals surface area contributed by atoms with E-state index in [1.54, 1.807) is 36.4 Å². The molecule has 1 aromatic heterocycles. The number of benzene rings is 3. The molecule has 228 valence electrons. The molecule has 45 heavy (non-hydrogen) atoms. The number of nitrogens with one attached hydrogen (secondary N) is 1. The van der Waals surface area contributed by atoms with Crippen molar-refractivity contribution >= 4 is 47.5 Å². The SMILES string of the molecule is CC(C)n1c(/C=C/[C@@H](O)C[C@@H](O)CC(=O)O)c(-c2ccc(F)cc2)c(-c2ccccc2)c1C(=O)NCc1cccc(C#N)c1.[NaH]. The summed E-state index contributed by atoms with van der Waals surface area (Å²) >= 11 is 0. The number of nitriles is 1. The standard InChI is InChI=1S/C35H34FN3O5.Na.H/c1-22(2)39-30(16-15-28(40)18-29(41)19-31(42)43)32(26-11-13-27(36)14-12-26)33(25-9-4-3-5-10-25)34(39)35(44)38-21-24-8-6-7-23(17-24)20-37;;/h3-17,22,28-29,40-41H,18-19,21H2,1-2H3,(H,38,44)(H,42,43);;/b16-15+;;/t28-,29-;;/m1../s1. The number of rotatable bonds is 12. The van der Waals surface area contributed by atoms with Gasteiger partial charge in [0, 0.05) is 35.8 Å². The van der Waals surface area contributed by atoms with Crippen LogP contribution in [0.2, 0.25) is 0 Å². The number of carboxylic acids is 1. The Morgan fingerprint density at radius 3 is 2.27 bits per heavy atom. The molecule has 1 heterocycles. The second-order valence-electron chi connectivity index (χ2n) is 10.7. The summed E-state index contributed by atoms with van der Waals surface area (Å²) in [7, 11) is 0. The van der Waals surface area contributed by atoms with Crippen LogP contribution in [0.1, 0.15) is 60.0 Å². The van der Waals surface area contributed by atoms with Crippen molar-refractivity contribution in [3.8, 4) is 28.3 Å². The predicted molar refractivity (Wildman–Crippen MR) is 173 cm³/mol. The van der Waals surface area contributed by atoms with E-state index in [0.29, 0.717) is 33.6 Å². The van der Waals surface area contributed by atoms with Gasteiger partial charge in [0.15, 0.2) is 0 Å². The summed E-state index contributed by atoms with van der Waals surface area (Å²) in [6, 6.07) is 24.1. The van der Waals surface area contributed by atoms with Crippen LogP contribution in [0.25, 0.3) is 28.3 Å². The van der Waals surface area contributed by atoms with Gasteiger partial charge in [0.25, 0.3) is 5.91 Å². The van der Waals surface area contributed by atoms with Gasteiger partial charge in [-0.15, -0.1) is 0 Å². The van der Waals surface area contributed by atoms with Crippen molar-refractivity contribution in [3.63, 3.8) is 0 Å². The number of aliphatic carboxylic acids is 1. The number of aliphatic hydroxyl groups excluding tert-OH is 2. The van der Waals surface area contributed by atoms with Gasteiger partial charge in [-0.2, -0.15) is 5.26 Å². The molecule has 0 bridgehead atoms. The maximum absolute atomic E-state index is 14.1. The van der Waals surface area contributed by atoms with E-state index in [9.17, 15) is 29.5 Å². The Bertz CT molecular complexity index is 1690. The number of halogens is 1. The number of hydrogen-bond acceptors (Lipinski definition) is 5. The zero-order chi connectivity index (χ0) is 31.8. The molecular formula is C35H35FN3NaO5. The van der Waals surface area contributed by atoms with E-state index in [4.69, 9.17) is 5.11 Å². The first-order valence-corrected chi connectivity index (χ1v) is 14.2. The average Bonchev–Trinajstić information content (AvgIpc) is 3.35. The van der Waals surface area contributed by atoms with E-state index in [1.807, 2.05) is 54.8 Å². The molecule has 4 rings (SSSR count). The molecule has 0 aliphatic rings. The molecule has 0 spiro atoms. The summed E-state index contributed by atoms with van der Waals surface area (Å²) in [5, 5.41) is 42.0.